The van der Waals surface area contributed by atoms with Crippen molar-refractivity contribution in [2.75, 3.05) is 13.1 Å². The third-order valence-electron chi connectivity index (χ3n) is 3.87. The van der Waals surface area contributed by atoms with E-state index in [0.29, 0.717) is 6.54 Å². The monoisotopic (exact) mass is 236 g/mol. The van der Waals surface area contributed by atoms with Crippen LogP contribution >= 0.6 is 0 Å². The highest BCUT2D eigenvalue weighted by atomic mass is 16.2. The van der Waals surface area contributed by atoms with E-state index in [9.17, 15) is 4.79 Å². The van der Waals surface area contributed by atoms with Gasteiger partial charge in [0, 0.05) is 12.5 Å². The predicted octanol–water partition coefficient (Wildman–Crippen LogP) is 2.96. The quantitative estimate of drug-likeness (QED) is 0.704. The highest BCUT2D eigenvalue weighted by molar-refractivity contribution is 5.80. The van der Waals surface area contributed by atoms with Gasteiger partial charge in [0.2, 0.25) is 5.91 Å². The fourth-order valence-corrected chi connectivity index (χ4v) is 2.79. The molecule has 0 heterocycles. The van der Waals surface area contributed by atoms with Gasteiger partial charge in [0.15, 0.2) is 0 Å². The molecule has 0 aromatic rings. The lowest BCUT2D eigenvalue weighted by Gasteiger charge is -2.39. The summed E-state index contributed by atoms with van der Waals surface area (Å²) in [6.45, 7) is 7.36. The number of hydrogen-bond donors (Lipinski definition) is 0. The Morgan fingerprint density at radius 1 is 1.47 bits per heavy atom. The van der Waals surface area contributed by atoms with Gasteiger partial charge in [-0.15, -0.1) is 0 Å². The molecule has 1 atom stereocenters. The summed E-state index contributed by atoms with van der Waals surface area (Å²) in [7, 11) is 0. The van der Waals surface area contributed by atoms with E-state index in [-0.39, 0.29) is 23.8 Å². The van der Waals surface area contributed by atoms with Gasteiger partial charge in [0.1, 0.15) is 6.54 Å². The number of carbonyl (C=O) groups is 1. The zero-order valence-electron chi connectivity index (χ0n) is 11.3. The number of rotatable bonds is 4. The maximum atomic E-state index is 12.5. The Hall–Kier alpha value is -1.04. The van der Waals surface area contributed by atoms with Gasteiger partial charge in [0.05, 0.1) is 6.07 Å². The van der Waals surface area contributed by atoms with E-state index >= 15 is 0 Å². The van der Waals surface area contributed by atoms with Crippen molar-refractivity contribution in [1.29, 1.82) is 5.26 Å². The third kappa shape index (κ3) is 3.46. The Labute approximate surface area is 105 Å². The molecule has 0 radical (unpaired) electrons. The van der Waals surface area contributed by atoms with Crippen LogP contribution in [0.2, 0.25) is 0 Å². The van der Waals surface area contributed by atoms with Crippen LogP contribution in [0.1, 0.15) is 52.9 Å². The van der Waals surface area contributed by atoms with Crippen molar-refractivity contribution in [2.45, 2.75) is 52.9 Å². The second-order valence-corrected chi connectivity index (χ2v) is 5.70. The van der Waals surface area contributed by atoms with Crippen LogP contribution in [-0.4, -0.2) is 23.9 Å². The van der Waals surface area contributed by atoms with Crippen LogP contribution in [0.5, 0.6) is 0 Å². The molecule has 1 saturated carbocycles. The molecule has 3 nitrogen and oxygen atoms in total. The first kappa shape index (κ1) is 14.0. The number of nitriles is 1. The van der Waals surface area contributed by atoms with Crippen molar-refractivity contribution in [3.63, 3.8) is 0 Å². The normalized spacial score (nSPS) is 22.8. The summed E-state index contributed by atoms with van der Waals surface area (Å²) in [5, 5.41) is 8.80. The minimum Gasteiger partial charge on any atom is -0.329 e. The lowest BCUT2D eigenvalue weighted by Crippen LogP contribution is -2.44. The Kier molecular flexibility index (Phi) is 4.99. The van der Waals surface area contributed by atoms with E-state index in [2.05, 4.69) is 19.9 Å². The number of hydrogen-bond acceptors (Lipinski definition) is 2. The molecule has 96 valence electrons. The molecule has 1 aliphatic rings. The molecule has 1 aliphatic carbocycles. The summed E-state index contributed by atoms with van der Waals surface area (Å²) in [4.78, 5) is 14.2. The standard InChI is InChI=1S/C14H24N2O/c1-4-10-16(11-9-15)13(17)12-7-5-6-8-14(12,2)3/h12H,4-8,10-11H2,1-3H3. The van der Waals surface area contributed by atoms with Crippen LogP contribution in [0.4, 0.5) is 0 Å². The van der Waals surface area contributed by atoms with Crippen molar-refractivity contribution in [3.8, 4) is 6.07 Å². The molecular formula is C14H24N2O. The number of amides is 1. The maximum Gasteiger partial charge on any atom is 0.227 e. The van der Waals surface area contributed by atoms with E-state index < -0.39 is 0 Å². The average molecular weight is 236 g/mol. The minimum absolute atomic E-state index is 0.0940. The molecular weight excluding hydrogens is 212 g/mol. The molecule has 17 heavy (non-hydrogen) atoms. The fourth-order valence-electron chi connectivity index (χ4n) is 2.79. The van der Waals surface area contributed by atoms with Gasteiger partial charge in [0.25, 0.3) is 0 Å². The Balaban J connectivity index is 2.74. The molecule has 0 bridgehead atoms. The van der Waals surface area contributed by atoms with Gasteiger partial charge >= 0.3 is 0 Å². The summed E-state index contributed by atoms with van der Waals surface area (Å²) < 4.78 is 0. The molecule has 0 aliphatic heterocycles. The minimum atomic E-state index is 0.0940. The first-order valence-corrected chi connectivity index (χ1v) is 6.68. The van der Waals surface area contributed by atoms with E-state index in [4.69, 9.17) is 5.26 Å². The first-order chi connectivity index (χ1) is 8.03. The van der Waals surface area contributed by atoms with Crippen molar-refractivity contribution < 1.29 is 4.79 Å². The molecule has 1 amide bonds. The lowest BCUT2D eigenvalue weighted by atomic mass is 9.68. The largest absolute Gasteiger partial charge is 0.329 e. The Morgan fingerprint density at radius 2 is 2.18 bits per heavy atom. The zero-order chi connectivity index (χ0) is 12.9. The van der Waals surface area contributed by atoms with Crippen molar-refractivity contribution in [1.82, 2.24) is 4.90 Å². The van der Waals surface area contributed by atoms with Crippen molar-refractivity contribution in [2.24, 2.45) is 11.3 Å². The SMILES string of the molecule is CCCN(CC#N)C(=O)C1CCCCC1(C)C. The smallest absolute Gasteiger partial charge is 0.227 e. The van der Waals surface area contributed by atoms with Crippen molar-refractivity contribution in [3.05, 3.63) is 0 Å². The van der Waals surface area contributed by atoms with Crippen LogP contribution in [0.25, 0.3) is 0 Å². The molecule has 1 unspecified atom stereocenters. The molecule has 0 saturated heterocycles. The van der Waals surface area contributed by atoms with Crippen LogP contribution in [0, 0.1) is 22.7 Å². The van der Waals surface area contributed by atoms with Gasteiger partial charge in [-0.3, -0.25) is 4.79 Å². The molecule has 0 aromatic heterocycles. The molecule has 0 spiro atoms. The van der Waals surface area contributed by atoms with Crippen molar-refractivity contribution >= 4 is 5.91 Å². The molecule has 1 rings (SSSR count). The lowest BCUT2D eigenvalue weighted by molar-refractivity contribution is -0.140. The summed E-state index contributed by atoms with van der Waals surface area (Å²) in [6, 6.07) is 2.11. The van der Waals surface area contributed by atoms with Crippen LogP contribution in [0.3, 0.4) is 0 Å². The predicted molar refractivity (Wildman–Crippen MR) is 68.2 cm³/mol. The second kappa shape index (κ2) is 6.05. The molecule has 3 heteroatoms. The fraction of sp³-hybridized carbons (Fsp3) is 0.857. The van der Waals surface area contributed by atoms with Crippen LogP contribution < -0.4 is 0 Å². The zero-order valence-corrected chi connectivity index (χ0v) is 11.3. The van der Waals surface area contributed by atoms with Gasteiger partial charge in [-0.1, -0.05) is 33.6 Å². The van der Waals surface area contributed by atoms with E-state index in [1.807, 2.05) is 6.92 Å². The Bertz CT molecular complexity index is 304. The Morgan fingerprint density at radius 3 is 2.71 bits per heavy atom. The number of carbonyl (C=O) groups excluding carboxylic acids is 1. The highest BCUT2D eigenvalue weighted by Crippen LogP contribution is 2.41. The number of nitrogens with zero attached hydrogens (tertiary/aromatic N) is 2. The van der Waals surface area contributed by atoms with Gasteiger partial charge < -0.3 is 4.90 Å². The topological polar surface area (TPSA) is 44.1 Å². The average Bonchev–Trinajstić information content (AvgIpc) is 2.27. The molecule has 0 N–H and O–H groups in total. The molecule has 1 fully saturated rings. The third-order valence-corrected chi connectivity index (χ3v) is 3.87. The molecule has 0 aromatic carbocycles. The first-order valence-electron chi connectivity index (χ1n) is 6.68. The second-order valence-electron chi connectivity index (χ2n) is 5.70. The summed E-state index contributed by atoms with van der Waals surface area (Å²) >= 11 is 0. The van der Waals surface area contributed by atoms with Crippen LogP contribution in [-0.2, 0) is 4.79 Å². The van der Waals surface area contributed by atoms with Crippen LogP contribution in [0.15, 0.2) is 0 Å². The highest BCUT2D eigenvalue weighted by Gasteiger charge is 2.38. The van der Waals surface area contributed by atoms with Gasteiger partial charge in [-0.25, -0.2) is 0 Å². The van der Waals surface area contributed by atoms with Gasteiger partial charge in [-0.2, -0.15) is 5.26 Å². The van der Waals surface area contributed by atoms with E-state index in [1.54, 1.807) is 4.90 Å². The summed E-state index contributed by atoms with van der Waals surface area (Å²) in [5.41, 5.74) is 0.0940. The van der Waals surface area contributed by atoms with Gasteiger partial charge in [-0.05, 0) is 24.7 Å². The van der Waals surface area contributed by atoms with E-state index in [1.165, 1.54) is 6.42 Å². The maximum absolute atomic E-state index is 12.5. The summed E-state index contributed by atoms with van der Waals surface area (Å²) in [5.74, 6) is 0.300. The van der Waals surface area contributed by atoms with E-state index in [0.717, 1.165) is 25.7 Å². The summed E-state index contributed by atoms with van der Waals surface area (Å²) in [6.07, 6.45) is 5.39.